The number of hydrogen-bond acceptors (Lipinski definition) is 2. The molecule has 1 heterocycles. The Hall–Kier alpha value is -1.15. The molecule has 2 nitrogen and oxygen atoms in total. The van der Waals surface area contributed by atoms with Gasteiger partial charge in [0, 0.05) is 25.0 Å². The summed E-state index contributed by atoms with van der Waals surface area (Å²) < 4.78 is 5.32. The zero-order valence-electron chi connectivity index (χ0n) is 10.4. The number of rotatable bonds is 4. The Morgan fingerprint density at radius 1 is 1.29 bits per heavy atom. The monoisotopic (exact) mass is 232 g/mol. The number of ketones is 1. The molecule has 2 heteroatoms. The highest BCUT2D eigenvalue weighted by Gasteiger charge is 2.28. The van der Waals surface area contributed by atoms with Crippen LogP contribution < -0.4 is 0 Å². The van der Waals surface area contributed by atoms with Crippen LogP contribution in [0.1, 0.15) is 37.7 Å². The summed E-state index contributed by atoms with van der Waals surface area (Å²) in [5.41, 5.74) is 1.16. The first-order valence-corrected chi connectivity index (χ1v) is 6.49. The Morgan fingerprint density at radius 3 is 2.53 bits per heavy atom. The van der Waals surface area contributed by atoms with E-state index in [0.29, 0.717) is 5.78 Å². The summed E-state index contributed by atoms with van der Waals surface area (Å²) in [4.78, 5) is 12.5. The van der Waals surface area contributed by atoms with Gasteiger partial charge in [0.05, 0.1) is 0 Å². The predicted octanol–water partition coefficient (Wildman–Crippen LogP) is 3.18. The maximum absolute atomic E-state index is 12.5. The lowest BCUT2D eigenvalue weighted by atomic mass is 9.82. The van der Waals surface area contributed by atoms with Crippen molar-refractivity contribution in [2.45, 2.75) is 32.1 Å². The van der Waals surface area contributed by atoms with Crippen LogP contribution in [-0.2, 0) is 9.53 Å². The smallest absolute Gasteiger partial charge is 0.143 e. The molecule has 1 aliphatic rings. The van der Waals surface area contributed by atoms with Gasteiger partial charge < -0.3 is 4.74 Å². The van der Waals surface area contributed by atoms with Crippen molar-refractivity contribution in [3.8, 4) is 0 Å². The topological polar surface area (TPSA) is 26.3 Å². The summed E-state index contributed by atoms with van der Waals surface area (Å²) in [6, 6.07) is 10.1. The molecule has 0 bridgehead atoms. The Balaban J connectivity index is 2.10. The molecule has 0 amide bonds. The van der Waals surface area contributed by atoms with Crippen molar-refractivity contribution in [1.29, 1.82) is 0 Å². The number of carbonyl (C=O) groups is 1. The molecule has 1 aromatic rings. The average Bonchev–Trinajstić information content (AvgIpc) is 2.42. The maximum atomic E-state index is 12.5. The van der Waals surface area contributed by atoms with Crippen LogP contribution in [0.3, 0.4) is 0 Å². The minimum absolute atomic E-state index is 0.0688. The van der Waals surface area contributed by atoms with Crippen LogP contribution in [-0.4, -0.2) is 19.0 Å². The fourth-order valence-corrected chi connectivity index (χ4v) is 2.55. The molecule has 1 aliphatic heterocycles. The van der Waals surface area contributed by atoms with E-state index in [0.717, 1.165) is 38.0 Å². The summed E-state index contributed by atoms with van der Waals surface area (Å²) in [6.07, 6.45) is 2.67. The van der Waals surface area contributed by atoms with Gasteiger partial charge in [-0.05, 0) is 24.8 Å². The van der Waals surface area contributed by atoms with Crippen molar-refractivity contribution in [3.05, 3.63) is 35.9 Å². The van der Waals surface area contributed by atoms with E-state index in [4.69, 9.17) is 4.74 Å². The number of ether oxygens (including phenoxy) is 1. The number of benzene rings is 1. The molecular formula is C15H20O2. The zero-order valence-corrected chi connectivity index (χ0v) is 10.4. The summed E-state index contributed by atoms with van der Waals surface area (Å²) in [5, 5.41) is 0. The van der Waals surface area contributed by atoms with Gasteiger partial charge >= 0.3 is 0 Å². The fourth-order valence-electron chi connectivity index (χ4n) is 2.55. The molecule has 0 aliphatic carbocycles. The lowest BCUT2D eigenvalue weighted by molar-refractivity contribution is -0.127. The third-order valence-electron chi connectivity index (χ3n) is 3.58. The van der Waals surface area contributed by atoms with Crippen LogP contribution in [0.25, 0.3) is 0 Å². The number of Topliss-reactive ketones (excluding diaryl/α,β-unsaturated/α-hetero) is 1. The lowest BCUT2D eigenvalue weighted by Gasteiger charge is -2.25. The molecule has 0 radical (unpaired) electrons. The normalized spacial score (nSPS) is 18.9. The number of hydrogen-bond donors (Lipinski definition) is 0. The van der Waals surface area contributed by atoms with Gasteiger partial charge in [-0.25, -0.2) is 0 Å². The van der Waals surface area contributed by atoms with E-state index in [1.807, 2.05) is 18.2 Å². The number of carbonyl (C=O) groups excluding carboxylic acids is 1. The largest absolute Gasteiger partial charge is 0.381 e. The van der Waals surface area contributed by atoms with Gasteiger partial charge in [-0.3, -0.25) is 4.79 Å². The first-order chi connectivity index (χ1) is 8.33. The van der Waals surface area contributed by atoms with Crippen molar-refractivity contribution in [1.82, 2.24) is 0 Å². The van der Waals surface area contributed by atoms with Gasteiger partial charge in [0.1, 0.15) is 5.78 Å². The lowest BCUT2D eigenvalue weighted by Crippen LogP contribution is -2.27. The predicted molar refractivity (Wildman–Crippen MR) is 68.0 cm³/mol. The second kappa shape index (κ2) is 5.97. The van der Waals surface area contributed by atoms with Crippen molar-refractivity contribution in [2.75, 3.05) is 13.2 Å². The summed E-state index contributed by atoms with van der Waals surface area (Å²) in [6.45, 7) is 3.57. The highest BCUT2D eigenvalue weighted by molar-refractivity contribution is 5.87. The summed E-state index contributed by atoms with van der Waals surface area (Å²) >= 11 is 0. The molecule has 0 N–H and O–H groups in total. The van der Waals surface area contributed by atoms with Crippen molar-refractivity contribution in [2.24, 2.45) is 5.92 Å². The van der Waals surface area contributed by atoms with Crippen molar-refractivity contribution >= 4 is 5.78 Å². The van der Waals surface area contributed by atoms with Gasteiger partial charge in [0.2, 0.25) is 0 Å². The van der Waals surface area contributed by atoms with E-state index in [9.17, 15) is 4.79 Å². The van der Waals surface area contributed by atoms with Gasteiger partial charge in [0.15, 0.2) is 0 Å². The van der Waals surface area contributed by atoms with Crippen LogP contribution >= 0.6 is 0 Å². The Bertz CT molecular complexity index is 352. The SMILES string of the molecule is CCC(C(=O)C1CCOCC1)c1ccccc1. The van der Waals surface area contributed by atoms with Gasteiger partial charge in [0.25, 0.3) is 0 Å². The van der Waals surface area contributed by atoms with E-state index < -0.39 is 0 Å². The third-order valence-corrected chi connectivity index (χ3v) is 3.58. The van der Waals surface area contributed by atoms with Crippen LogP contribution in [0.2, 0.25) is 0 Å². The van der Waals surface area contributed by atoms with Crippen molar-refractivity contribution < 1.29 is 9.53 Å². The molecule has 1 atom stereocenters. The first-order valence-electron chi connectivity index (χ1n) is 6.49. The zero-order chi connectivity index (χ0) is 12.1. The molecule has 92 valence electrons. The van der Waals surface area contributed by atoms with Crippen LogP contribution in [0.5, 0.6) is 0 Å². The molecule has 1 saturated heterocycles. The van der Waals surface area contributed by atoms with E-state index >= 15 is 0 Å². The van der Waals surface area contributed by atoms with Gasteiger partial charge in [-0.15, -0.1) is 0 Å². The quantitative estimate of drug-likeness (QED) is 0.797. The Kier molecular flexibility index (Phi) is 4.32. The van der Waals surface area contributed by atoms with E-state index in [1.165, 1.54) is 0 Å². The molecule has 0 aromatic heterocycles. The molecule has 17 heavy (non-hydrogen) atoms. The van der Waals surface area contributed by atoms with Gasteiger partial charge in [-0.1, -0.05) is 37.3 Å². The van der Waals surface area contributed by atoms with Crippen LogP contribution in [0.4, 0.5) is 0 Å². The highest BCUT2D eigenvalue weighted by Crippen LogP contribution is 2.28. The summed E-state index contributed by atoms with van der Waals surface area (Å²) in [7, 11) is 0. The average molecular weight is 232 g/mol. The second-order valence-electron chi connectivity index (χ2n) is 4.66. The molecule has 1 aromatic carbocycles. The highest BCUT2D eigenvalue weighted by atomic mass is 16.5. The standard InChI is InChI=1S/C15H20O2/c1-2-14(12-6-4-3-5-7-12)15(16)13-8-10-17-11-9-13/h3-7,13-14H,2,8-11H2,1H3. The second-order valence-corrected chi connectivity index (χ2v) is 4.66. The van der Waals surface area contributed by atoms with E-state index in [-0.39, 0.29) is 11.8 Å². The summed E-state index contributed by atoms with van der Waals surface area (Å²) in [5.74, 6) is 0.676. The molecule has 1 unspecified atom stereocenters. The minimum Gasteiger partial charge on any atom is -0.381 e. The van der Waals surface area contributed by atoms with E-state index in [2.05, 4.69) is 19.1 Å². The minimum atomic E-state index is 0.0688. The van der Waals surface area contributed by atoms with Crippen molar-refractivity contribution in [3.63, 3.8) is 0 Å². The molecule has 1 fully saturated rings. The van der Waals surface area contributed by atoms with Crippen LogP contribution in [0, 0.1) is 5.92 Å². The Labute approximate surface area is 103 Å². The fraction of sp³-hybridized carbons (Fsp3) is 0.533. The molecule has 2 rings (SSSR count). The van der Waals surface area contributed by atoms with Crippen LogP contribution in [0.15, 0.2) is 30.3 Å². The molecule has 0 saturated carbocycles. The first kappa shape index (κ1) is 12.3. The molecular weight excluding hydrogens is 212 g/mol. The Morgan fingerprint density at radius 2 is 1.94 bits per heavy atom. The van der Waals surface area contributed by atoms with E-state index in [1.54, 1.807) is 0 Å². The van der Waals surface area contributed by atoms with Gasteiger partial charge in [-0.2, -0.15) is 0 Å². The third kappa shape index (κ3) is 2.95. The maximum Gasteiger partial charge on any atom is 0.143 e. The molecule has 0 spiro atoms.